The van der Waals surface area contributed by atoms with E-state index < -0.39 is 0 Å². The van der Waals surface area contributed by atoms with Crippen molar-refractivity contribution in [3.8, 4) is 0 Å². The molecule has 0 saturated carbocycles. The normalized spacial score (nSPS) is 12.8. The largest absolute Gasteiger partial charge is 0.283 e. The van der Waals surface area contributed by atoms with E-state index in [9.17, 15) is 0 Å². The molecule has 0 spiro atoms. The van der Waals surface area contributed by atoms with Gasteiger partial charge in [0.15, 0.2) is 0 Å². The summed E-state index contributed by atoms with van der Waals surface area (Å²) in [4.78, 5) is 8.80. The molecule has 1 unspecified atom stereocenters. The van der Waals surface area contributed by atoms with Gasteiger partial charge in [0.1, 0.15) is 0 Å². The van der Waals surface area contributed by atoms with Crippen LogP contribution in [0.1, 0.15) is 29.8 Å². The second kappa shape index (κ2) is 5.39. The van der Waals surface area contributed by atoms with Crippen molar-refractivity contribution in [1.82, 2.24) is 4.98 Å². The van der Waals surface area contributed by atoms with Crippen LogP contribution in [0.2, 0.25) is 0 Å². The Balaban J connectivity index is 2.08. The number of hydrogen-bond donors (Lipinski definition) is 0. The third kappa shape index (κ3) is 3.25. The molecule has 0 bridgehead atoms. The van der Waals surface area contributed by atoms with Gasteiger partial charge in [0.2, 0.25) is 0 Å². The molecule has 1 atom stereocenters. The summed E-state index contributed by atoms with van der Waals surface area (Å²) in [6.45, 7) is 4.11. The van der Waals surface area contributed by atoms with Crippen molar-refractivity contribution in [1.29, 1.82) is 0 Å². The summed E-state index contributed by atoms with van der Waals surface area (Å²) in [6.07, 6.45) is 3.69. The van der Waals surface area contributed by atoms with Crippen molar-refractivity contribution in [3.05, 3.63) is 65.5 Å². The van der Waals surface area contributed by atoms with Crippen LogP contribution in [0.5, 0.6) is 0 Å². The average Bonchev–Trinajstić information content (AvgIpc) is 2.39. The minimum absolute atomic E-state index is 0.166. The topological polar surface area (TPSA) is 25.2 Å². The summed E-state index contributed by atoms with van der Waals surface area (Å²) < 4.78 is 0. The predicted octanol–water partition coefficient (Wildman–Crippen LogP) is 3.57. The molecule has 17 heavy (non-hydrogen) atoms. The standard InChI is InChI=1S/C15H16N2/c1-12-8-9-15(17-10-12)11-16-13(2)14-6-4-3-5-7-14/h3-11,13H,1-2H3. The maximum Gasteiger partial charge on any atom is 0.0808 e. The smallest absolute Gasteiger partial charge is 0.0808 e. The second-order valence-corrected chi connectivity index (χ2v) is 4.13. The molecule has 0 N–H and O–H groups in total. The van der Waals surface area contributed by atoms with Crippen molar-refractivity contribution < 1.29 is 0 Å². The molecule has 1 aromatic heterocycles. The van der Waals surface area contributed by atoms with E-state index in [4.69, 9.17) is 0 Å². The highest BCUT2D eigenvalue weighted by molar-refractivity contribution is 5.77. The molecule has 2 nitrogen and oxygen atoms in total. The van der Waals surface area contributed by atoms with Crippen molar-refractivity contribution >= 4 is 6.21 Å². The number of aliphatic imine (C=N–C) groups is 1. The summed E-state index contributed by atoms with van der Waals surface area (Å²) in [6, 6.07) is 14.4. The van der Waals surface area contributed by atoms with Crippen LogP contribution < -0.4 is 0 Å². The number of aromatic nitrogens is 1. The lowest BCUT2D eigenvalue weighted by atomic mass is 10.1. The molecule has 0 aliphatic heterocycles. The van der Waals surface area contributed by atoms with Crippen LogP contribution in [0.25, 0.3) is 0 Å². The maximum atomic E-state index is 4.51. The Morgan fingerprint density at radius 2 is 1.88 bits per heavy atom. The van der Waals surface area contributed by atoms with Crippen LogP contribution in [0.15, 0.2) is 53.7 Å². The van der Waals surface area contributed by atoms with Gasteiger partial charge in [-0.3, -0.25) is 9.98 Å². The Morgan fingerprint density at radius 3 is 2.53 bits per heavy atom. The van der Waals surface area contributed by atoms with Crippen LogP contribution in [0.4, 0.5) is 0 Å². The number of hydrogen-bond acceptors (Lipinski definition) is 2. The Morgan fingerprint density at radius 1 is 1.12 bits per heavy atom. The zero-order chi connectivity index (χ0) is 12.1. The van der Waals surface area contributed by atoms with Gasteiger partial charge in [0.25, 0.3) is 0 Å². The van der Waals surface area contributed by atoms with E-state index in [1.165, 1.54) is 11.1 Å². The van der Waals surface area contributed by atoms with Gasteiger partial charge < -0.3 is 0 Å². The Kier molecular flexibility index (Phi) is 3.66. The summed E-state index contributed by atoms with van der Waals surface area (Å²) in [7, 11) is 0. The molecule has 0 aliphatic rings. The van der Waals surface area contributed by atoms with Gasteiger partial charge in [-0.15, -0.1) is 0 Å². The summed E-state index contributed by atoms with van der Waals surface area (Å²) in [5, 5.41) is 0. The zero-order valence-corrected chi connectivity index (χ0v) is 10.2. The highest BCUT2D eigenvalue weighted by Crippen LogP contribution is 2.15. The quantitative estimate of drug-likeness (QED) is 0.732. The SMILES string of the molecule is Cc1ccc(C=NC(C)c2ccccc2)nc1. The maximum absolute atomic E-state index is 4.51. The molecule has 86 valence electrons. The van der Waals surface area contributed by atoms with Gasteiger partial charge in [0.05, 0.1) is 11.7 Å². The van der Waals surface area contributed by atoms with Crippen LogP contribution in [0, 0.1) is 6.92 Å². The van der Waals surface area contributed by atoms with E-state index >= 15 is 0 Å². The lowest BCUT2D eigenvalue weighted by Crippen LogP contribution is -1.92. The third-order valence-corrected chi connectivity index (χ3v) is 2.65. The lowest BCUT2D eigenvalue weighted by Gasteiger charge is -2.05. The van der Waals surface area contributed by atoms with Crippen molar-refractivity contribution in [2.24, 2.45) is 4.99 Å². The van der Waals surface area contributed by atoms with E-state index in [0.29, 0.717) is 0 Å². The number of benzene rings is 1. The van der Waals surface area contributed by atoms with E-state index in [1.54, 1.807) is 0 Å². The fraction of sp³-hybridized carbons (Fsp3) is 0.200. The molecule has 1 aromatic carbocycles. The second-order valence-electron chi connectivity index (χ2n) is 4.13. The van der Waals surface area contributed by atoms with Crippen LogP contribution in [-0.2, 0) is 0 Å². The average molecular weight is 224 g/mol. The first-order chi connectivity index (χ1) is 8.25. The summed E-state index contributed by atoms with van der Waals surface area (Å²) in [5.41, 5.74) is 3.28. The van der Waals surface area contributed by atoms with E-state index in [0.717, 1.165) is 5.69 Å². The molecule has 0 amide bonds. The zero-order valence-electron chi connectivity index (χ0n) is 10.2. The Hall–Kier alpha value is -1.96. The summed E-state index contributed by atoms with van der Waals surface area (Å²) in [5.74, 6) is 0. The van der Waals surface area contributed by atoms with Crippen molar-refractivity contribution in [2.75, 3.05) is 0 Å². The number of pyridine rings is 1. The van der Waals surface area contributed by atoms with E-state index in [2.05, 4.69) is 29.0 Å². The number of aryl methyl sites for hydroxylation is 1. The van der Waals surface area contributed by atoms with Gasteiger partial charge in [-0.2, -0.15) is 0 Å². The predicted molar refractivity (Wildman–Crippen MR) is 71.4 cm³/mol. The number of nitrogens with zero attached hydrogens (tertiary/aromatic N) is 2. The van der Waals surface area contributed by atoms with Gasteiger partial charge in [-0.05, 0) is 31.0 Å². The fourth-order valence-electron chi connectivity index (χ4n) is 1.56. The molecule has 2 heteroatoms. The summed E-state index contributed by atoms with van der Waals surface area (Å²) >= 11 is 0. The van der Waals surface area contributed by atoms with Crippen LogP contribution >= 0.6 is 0 Å². The first kappa shape index (κ1) is 11.5. The molecular weight excluding hydrogens is 208 g/mol. The molecule has 2 aromatic rings. The van der Waals surface area contributed by atoms with Gasteiger partial charge >= 0.3 is 0 Å². The van der Waals surface area contributed by atoms with Crippen molar-refractivity contribution in [3.63, 3.8) is 0 Å². The minimum Gasteiger partial charge on any atom is -0.283 e. The van der Waals surface area contributed by atoms with Gasteiger partial charge in [-0.25, -0.2) is 0 Å². The first-order valence-corrected chi connectivity index (χ1v) is 5.76. The highest BCUT2D eigenvalue weighted by Gasteiger charge is 2.00. The lowest BCUT2D eigenvalue weighted by molar-refractivity contribution is 0.824. The Labute approximate surface area is 102 Å². The Bertz CT molecular complexity index is 486. The molecule has 0 fully saturated rings. The fourth-order valence-corrected chi connectivity index (χ4v) is 1.56. The number of rotatable bonds is 3. The first-order valence-electron chi connectivity index (χ1n) is 5.76. The van der Waals surface area contributed by atoms with Crippen molar-refractivity contribution in [2.45, 2.75) is 19.9 Å². The third-order valence-electron chi connectivity index (χ3n) is 2.65. The van der Waals surface area contributed by atoms with E-state index in [1.807, 2.05) is 49.7 Å². The van der Waals surface area contributed by atoms with Gasteiger partial charge in [0, 0.05) is 12.4 Å². The van der Waals surface area contributed by atoms with E-state index in [-0.39, 0.29) is 6.04 Å². The molecule has 0 radical (unpaired) electrons. The monoisotopic (exact) mass is 224 g/mol. The molecule has 1 heterocycles. The highest BCUT2D eigenvalue weighted by atomic mass is 14.8. The van der Waals surface area contributed by atoms with Crippen LogP contribution in [-0.4, -0.2) is 11.2 Å². The van der Waals surface area contributed by atoms with Gasteiger partial charge in [-0.1, -0.05) is 36.4 Å². The molecular formula is C15H16N2. The molecule has 0 aliphatic carbocycles. The molecule has 2 rings (SSSR count). The minimum atomic E-state index is 0.166. The molecule has 0 saturated heterocycles. The van der Waals surface area contributed by atoms with Crippen LogP contribution in [0.3, 0.4) is 0 Å².